The number of carbonyl (C=O) groups excluding carboxylic acids is 1. The number of carbonyl (C=O) groups is 1. The van der Waals surface area contributed by atoms with Crippen molar-refractivity contribution < 1.29 is 9.72 Å². The van der Waals surface area contributed by atoms with Crippen molar-refractivity contribution in [3.63, 3.8) is 0 Å². The first-order chi connectivity index (χ1) is 13.6. The molecule has 1 N–H and O–H groups in total. The van der Waals surface area contributed by atoms with Crippen molar-refractivity contribution >= 4 is 22.5 Å². The lowest BCUT2D eigenvalue weighted by Gasteiger charge is -2.23. The first-order valence-corrected chi connectivity index (χ1v) is 9.57. The summed E-state index contributed by atoms with van der Waals surface area (Å²) in [6.07, 6.45) is 5.56. The van der Waals surface area contributed by atoms with Crippen molar-refractivity contribution in [1.29, 1.82) is 0 Å². The molecule has 0 aliphatic heterocycles. The number of para-hydroxylation sites is 1. The highest BCUT2D eigenvalue weighted by Crippen LogP contribution is 2.27. The number of nitrogens with one attached hydrogen (secondary N) is 1. The fraction of sp³-hybridized carbons (Fsp3) is 0.273. The fourth-order valence-corrected chi connectivity index (χ4v) is 3.78. The van der Waals surface area contributed by atoms with E-state index in [9.17, 15) is 14.9 Å². The number of non-ortho nitro benzene ring substituents is 1. The molecule has 6 heteroatoms. The SMILES string of the molecule is O=C(NC1CCCCC1)c1cc(-c2ccc([N+](=O)[O-])cc2)nc2ccccc12. The van der Waals surface area contributed by atoms with E-state index < -0.39 is 4.92 Å². The van der Waals surface area contributed by atoms with E-state index in [0.29, 0.717) is 11.3 Å². The van der Waals surface area contributed by atoms with Crippen LogP contribution in [0.1, 0.15) is 42.5 Å². The number of hydrogen-bond acceptors (Lipinski definition) is 4. The third kappa shape index (κ3) is 3.71. The molecule has 1 fully saturated rings. The molecule has 28 heavy (non-hydrogen) atoms. The van der Waals surface area contributed by atoms with Gasteiger partial charge >= 0.3 is 0 Å². The van der Waals surface area contributed by atoms with Gasteiger partial charge in [0, 0.05) is 29.1 Å². The van der Waals surface area contributed by atoms with Crippen molar-refractivity contribution in [3.05, 3.63) is 70.3 Å². The second kappa shape index (κ2) is 7.76. The number of amides is 1. The molecular formula is C22H21N3O3. The van der Waals surface area contributed by atoms with Gasteiger partial charge in [-0.3, -0.25) is 14.9 Å². The maximum absolute atomic E-state index is 13.0. The van der Waals surface area contributed by atoms with Crippen molar-refractivity contribution in [3.8, 4) is 11.3 Å². The van der Waals surface area contributed by atoms with Gasteiger partial charge in [0.2, 0.25) is 0 Å². The summed E-state index contributed by atoms with van der Waals surface area (Å²) < 4.78 is 0. The van der Waals surface area contributed by atoms with Crippen LogP contribution in [0.3, 0.4) is 0 Å². The van der Waals surface area contributed by atoms with Gasteiger partial charge < -0.3 is 5.32 Å². The Morgan fingerprint density at radius 2 is 1.75 bits per heavy atom. The van der Waals surface area contributed by atoms with Crippen molar-refractivity contribution in [1.82, 2.24) is 10.3 Å². The van der Waals surface area contributed by atoms with Gasteiger partial charge in [0.1, 0.15) is 0 Å². The molecule has 0 unspecified atom stereocenters. The molecule has 0 saturated heterocycles. The van der Waals surface area contributed by atoms with E-state index in [0.717, 1.165) is 42.1 Å². The highest BCUT2D eigenvalue weighted by atomic mass is 16.6. The van der Waals surface area contributed by atoms with Gasteiger partial charge in [-0.05, 0) is 37.1 Å². The fourth-order valence-electron chi connectivity index (χ4n) is 3.78. The summed E-state index contributed by atoms with van der Waals surface area (Å²) in [6.45, 7) is 0. The molecule has 142 valence electrons. The number of benzene rings is 2. The van der Waals surface area contributed by atoms with E-state index in [1.54, 1.807) is 18.2 Å². The van der Waals surface area contributed by atoms with E-state index in [1.807, 2.05) is 24.3 Å². The summed E-state index contributed by atoms with van der Waals surface area (Å²) in [7, 11) is 0. The number of nitro benzene ring substituents is 1. The van der Waals surface area contributed by atoms with Crippen LogP contribution < -0.4 is 5.32 Å². The third-order valence-corrected chi connectivity index (χ3v) is 5.28. The smallest absolute Gasteiger partial charge is 0.269 e. The molecule has 0 radical (unpaired) electrons. The van der Waals surface area contributed by atoms with Crippen LogP contribution in [0.5, 0.6) is 0 Å². The zero-order valence-corrected chi connectivity index (χ0v) is 15.4. The summed E-state index contributed by atoms with van der Waals surface area (Å²) >= 11 is 0. The van der Waals surface area contributed by atoms with E-state index in [1.165, 1.54) is 18.6 Å². The van der Waals surface area contributed by atoms with E-state index >= 15 is 0 Å². The second-order valence-electron chi connectivity index (χ2n) is 7.18. The van der Waals surface area contributed by atoms with Gasteiger partial charge in [0.05, 0.1) is 21.7 Å². The molecule has 1 aliphatic carbocycles. The summed E-state index contributed by atoms with van der Waals surface area (Å²) in [5.41, 5.74) is 2.71. The number of aromatic nitrogens is 1. The molecule has 0 atom stereocenters. The predicted octanol–water partition coefficient (Wildman–Crippen LogP) is 4.87. The minimum Gasteiger partial charge on any atom is -0.349 e. The average Bonchev–Trinajstić information content (AvgIpc) is 2.73. The Balaban J connectivity index is 1.72. The average molecular weight is 375 g/mol. The molecule has 6 nitrogen and oxygen atoms in total. The molecular weight excluding hydrogens is 354 g/mol. The van der Waals surface area contributed by atoms with Crippen molar-refractivity contribution in [2.24, 2.45) is 0 Å². The molecule has 1 aromatic heterocycles. The Bertz CT molecular complexity index is 1020. The lowest BCUT2D eigenvalue weighted by molar-refractivity contribution is -0.384. The molecule has 1 saturated carbocycles. The lowest BCUT2D eigenvalue weighted by Crippen LogP contribution is -2.36. The molecule has 2 aromatic carbocycles. The van der Waals surface area contributed by atoms with Crippen LogP contribution in [0.2, 0.25) is 0 Å². The largest absolute Gasteiger partial charge is 0.349 e. The van der Waals surface area contributed by atoms with Gasteiger partial charge in [-0.1, -0.05) is 37.5 Å². The van der Waals surface area contributed by atoms with Crippen LogP contribution in [-0.4, -0.2) is 21.9 Å². The van der Waals surface area contributed by atoms with Crippen LogP contribution in [0.25, 0.3) is 22.2 Å². The Morgan fingerprint density at radius 3 is 2.46 bits per heavy atom. The Kier molecular flexibility index (Phi) is 5.02. The van der Waals surface area contributed by atoms with Crippen LogP contribution in [0, 0.1) is 10.1 Å². The van der Waals surface area contributed by atoms with Crippen LogP contribution in [0.15, 0.2) is 54.6 Å². The first-order valence-electron chi connectivity index (χ1n) is 9.57. The summed E-state index contributed by atoms with van der Waals surface area (Å²) in [5, 5.41) is 14.9. The minimum absolute atomic E-state index is 0.0276. The zero-order valence-electron chi connectivity index (χ0n) is 15.4. The summed E-state index contributed by atoms with van der Waals surface area (Å²) in [5.74, 6) is -0.0892. The highest BCUT2D eigenvalue weighted by molar-refractivity contribution is 6.07. The van der Waals surface area contributed by atoms with Crippen LogP contribution in [-0.2, 0) is 0 Å². The number of fused-ring (bicyclic) bond motifs is 1. The van der Waals surface area contributed by atoms with E-state index in [4.69, 9.17) is 0 Å². The summed E-state index contributed by atoms with van der Waals surface area (Å²) in [4.78, 5) is 28.1. The van der Waals surface area contributed by atoms with Gasteiger partial charge in [0.25, 0.3) is 11.6 Å². The van der Waals surface area contributed by atoms with Crippen molar-refractivity contribution in [2.45, 2.75) is 38.1 Å². The molecule has 4 rings (SSSR count). The minimum atomic E-state index is -0.430. The predicted molar refractivity (Wildman–Crippen MR) is 108 cm³/mol. The van der Waals surface area contributed by atoms with Crippen LogP contribution in [0.4, 0.5) is 5.69 Å². The molecule has 0 spiro atoms. The monoisotopic (exact) mass is 375 g/mol. The molecule has 1 aliphatic rings. The molecule has 0 bridgehead atoms. The van der Waals surface area contributed by atoms with Gasteiger partial charge in [0.15, 0.2) is 0 Å². The first kappa shape index (κ1) is 18.1. The topological polar surface area (TPSA) is 85.1 Å². The van der Waals surface area contributed by atoms with Gasteiger partial charge in [-0.25, -0.2) is 4.98 Å². The zero-order chi connectivity index (χ0) is 19.5. The number of nitro groups is 1. The van der Waals surface area contributed by atoms with Gasteiger partial charge in [-0.2, -0.15) is 0 Å². The lowest BCUT2D eigenvalue weighted by atomic mass is 9.95. The quantitative estimate of drug-likeness (QED) is 0.520. The van der Waals surface area contributed by atoms with E-state index in [-0.39, 0.29) is 17.6 Å². The standard InChI is InChI=1S/C22H21N3O3/c26-22(23-16-6-2-1-3-7-16)19-14-21(24-20-9-5-4-8-18(19)20)15-10-12-17(13-11-15)25(27)28/h4-5,8-14,16H,1-3,6-7H2,(H,23,26). The maximum atomic E-state index is 13.0. The number of hydrogen-bond donors (Lipinski definition) is 1. The third-order valence-electron chi connectivity index (χ3n) is 5.28. The Labute approximate surface area is 162 Å². The number of rotatable bonds is 4. The molecule has 1 heterocycles. The van der Waals surface area contributed by atoms with E-state index in [2.05, 4.69) is 10.3 Å². The Hall–Kier alpha value is -3.28. The Morgan fingerprint density at radius 1 is 1.04 bits per heavy atom. The second-order valence-corrected chi connectivity index (χ2v) is 7.18. The van der Waals surface area contributed by atoms with Gasteiger partial charge in [-0.15, -0.1) is 0 Å². The maximum Gasteiger partial charge on any atom is 0.269 e. The number of pyridine rings is 1. The van der Waals surface area contributed by atoms with Crippen molar-refractivity contribution in [2.75, 3.05) is 0 Å². The molecule has 1 amide bonds. The highest BCUT2D eigenvalue weighted by Gasteiger charge is 2.19. The molecule has 3 aromatic rings. The number of nitrogens with zero attached hydrogens (tertiary/aromatic N) is 2. The summed E-state index contributed by atoms with van der Waals surface area (Å²) in [6, 6.07) is 15.8. The van der Waals surface area contributed by atoms with Crippen LogP contribution >= 0.6 is 0 Å². The normalized spacial score (nSPS) is 14.7.